The van der Waals surface area contributed by atoms with Crippen LogP contribution in [0.1, 0.15) is 6.92 Å². The topological polar surface area (TPSA) is 54.1 Å². The number of hydrogen-bond donors (Lipinski definition) is 0. The molecule has 0 amide bonds. The monoisotopic (exact) mass is 224 g/mol. The molecule has 1 aromatic rings. The van der Waals surface area contributed by atoms with Gasteiger partial charge in [0.2, 0.25) is 0 Å². The van der Waals surface area contributed by atoms with Crippen LogP contribution in [0.25, 0.3) is 0 Å². The number of allylic oxidation sites excluding steroid dienone is 2. The van der Waals surface area contributed by atoms with E-state index in [0.717, 1.165) is 5.69 Å². The van der Waals surface area contributed by atoms with Gasteiger partial charge >= 0.3 is 0 Å². The summed E-state index contributed by atoms with van der Waals surface area (Å²) in [5.74, 6) is 0. The molecular weight excluding hydrogens is 212 g/mol. The molecule has 0 bridgehead atoms. The molecule has 4 heteroatoms. The summed E-state index contributed by atoms with van der Waals surface area (Å²) >= 11 is 0. The molecular formula is C13H12N4. The Kier molecular flexibility index (Phi) is 2.72. The second-order valence-corrected chi connectivity index (χ2v) is 3.87. The maximum Gasteiger partial charge on any atom is 0.157 e. The fraction of sp³-hybridized carbons (Fsp3) is 0.231. The SMILES string of the molecule is C[C@H]1N(C)C(C#N)=C(C#N)N1c1ccccc1. The van der Waals surface area contributed by atoms with Crippen molar-refractivity contribution in [3.63, 3.8) is 0 Å². The van der Waals surface area contributed by atoms with Crippen molar-refractivity contribution in [2.75, 3.05) is 11.9 Å². The lowest BCUT2D eigenvalue weighted by Gasteiger charge is -2.27. The first-order valence-electron chi connectivity index (χ1n) is 5.32. The van der Waals surface area contributed by atoms with E-state index in [-0.39, 0.29) is 6.17 Å². The van der Waals surface area contributed by atoms with Crippen molar-refractivity contribution in [1.29, 1.82) is 10.5 Å². The Balaban J connectivity index is 2.53. The molecule has 4 nitrogen and oxygen atoms in total. The average Bonchev–Trinajstić information content (AvgIpc) is 2.62. The molecule has 0 radical (unpaired) electrons. The zero-order chi connectivity index (χ0) is 12.4. The van der Waals surface area contributed by atoms with Crippen LogP contribution in [0.3, 0.4) is 0 Å². The van der Waals surface area contributed by atoms with Crippen molar-refractivity contribution in [2.45, 2.75) is 13.1 Å². The highest BCUT2D eigenvalue weighted by Crippen LogP contribution is 2.32. The van der Waals surface area contributed by atoms with Gasteiger partial charge in [-0.15, -0.1) is 0 Å². The van der Waals surface area contributed by atoms with E-state index in [1.807, 2.05) is 54.1 Å². The molecule has 0 aliphatic carbocycles. The van der Waals surface area contributed by atoms with Gasteiger partial charge in [0, 0.05) is 12.7 Å². The fourth-order valence-corrected chi connectivity index (χ4v) is 2.00. The first-order valence-corrected chi connectivity index (χ1v) is 5.32. The molecule has 84 valence electrons. The van der Waals surface area contributed by atoms with Crippen molar-refractivity contribution >= 4 is 5.69 Å². The van der Waals surface area contributed by atoms with Crippen molar-refractivity contribution < 1.29 is 0 Å². The minimum absolute atomic E-state index is 0.0262. The standard InChI is InChI=1S/C13H12N4/c1-10-16(2)12(8-14)13(9-15)17(10)11-6-4-3-5-7-11/h3-7,10H,1-2H3/t10-/m0/s1. The molecule has 1 atom stereocenters. The van der Waals surface area contributed by atoms with Gasteiger partial charge in [0.15, 0.2) is 11.4 Å². The van der Waals surface area contributed by atoms with Crippen molar-refractivity contribution in [3.8, 4) is 12.1 Å². The van der Waals surface area contributed by atoms with Crippen LogP contribution in [0.4, 0.5) is 5.69 Å². The van der Waals surface area contributed by atoms with Crippen LogP contribution >= 0.6 is 0 Å². The van der Waals surface area contributed by atoms with Crippen molar-refractivity contribution in [2.24, 2.45) is 0 Å². The zero-order valence-corrected chi connectivity index (χ0v) is 9.75. The highest BCUT2D eigenvalue weighted by atomic mass is 15.4. The molecule has 2 rings (SSSR count). The molecule has 0 unspecified atom stereocenters. The van der Waals surface area contributed by atoms with E-state index >= 15 is 0 Å². The zero-order valence-electron chi connectivity index (χ0n) is 9.75. The summed E-state index contributed by atoms with van der Waals surface area (Å²) in [5, 5.41) is 18.3. The Labute approximate surface area is 101 Å². The Morgan fingerprint density at radius 3 is 2.18 bits per heavy atom. The number of anilines is 1. The summed E-state index contributed by atoms with van der Waals surface area (Å²) in [4.78, 5) is 3.68. The second kappa shape index (κ2) is 4.19. The lowest BCUT2D eigenvalue weighted by Crippen LogP contribution is -2.35. The molecule has 0 aromatic heterocycles. The molecule has 0 fully saturated rings. The molecule has 1 aliphatic heterocycles. The molecule has 17 heavy (non-hydrogen) atoms. The number of rotatable bonds is 1. The van der Waals surface area contributed by atoms with Gasteiger partial charge in [0.25, 0.3) is 0 Å². The van der Waals surface area contributed by atoms with Crippen LogP contribution in [0.15, 0.2) is 41.7 Å². The summed E-state index contributed by atoms with van der Waals surface area (Å²) in [5.41, 5.74) is 1.76. The van der Waals surface area contributed by atoms with Gasteiger partial charge in [-0.3, -0.25) is 0 Å². The van der Waals surface area contributed by atoms with Crippen LogP contribution in [-0.2, 0) is 0 Å². The van der Waals surface area contributed by atoms with Gasteiger partial charge in [0.05, 0.1) is 0 Å². The molecule has 0 saturated heterocycles. The minimum atomic E-state index is -0.0262. The summed E-state index contributed by atoms with van der Waals surface area (Å²) < 4.78 is 0. The summed E-state index contributed by atoms with van der Waals surface area (Å²) in [6.45, 7) is 1.97. The number of hydrogen-bond acceptors (Lipinski definition) is 4. The van der Waals surface area contributed by atoms with Gasteiger partial charge < -0.3 is 9.80 Å². The maximum atomic E-state index is 9.21. The normalized spacial score (nSPS) is 19.2. The number of para-hydroxylation sites is 1. The number of benzene rings is 1. The van der Waals surface area contributed by atoms with E-state index in [1.54, 1.807) is 0 Å². The number of nitrogens with zero attached hydrogens (tertiary/aromatic N) is 4. The van der Waals surface area contributed by atoms with E-state index < -0.39 is 0 Å². The van der Waals surface area contributed by atoms with Crippen molar-refractivity contribution in [3.05, 3.63) is 41.7 Å². The van der Waals surface area contributed by atoms with Crippen LogP contribution in [0.5, 0.6) is 0 Å². The van der Waals surface area contributed by atoms with E-state index in [0.29, 0.717) is 11.4 Å². The molecule has 0 N–H and O–H groups in total. The summed E-state index contributed by atoms with van der Waals surface area (Å²) in [6.07, 6.45) is -0.0262. The third-order valence-electron chi connectivity index (χ3n) is 3.00. The fourth-order valence-electron chi connectivity index (χ4n) is 2.00. The summed E-state index contributed by atoms with van der Waals surface area (Å²) in [7, 11) is 1.82. The molecule has 1 aliphatic rings. The number of nitriles is 2. The molecule has 0 saturated carbocycles. The van der Waals surface area contributed by atoms with Crippen LogP contribution in [0, 0.1) is 22.7 Å². The molecule has 1 heterocycles. The molecule has 0 spiro atoms. The predicted octanol–water partition coefficient (Wildman–Crippen LogP) is 2.04. The van der Waals surface area contributed by atoms with Crippen molar-refractivity contribution in [1.82, 2.24) is 4.90 Å². The van der Waals surface area contributed by atoms with E-state index in [2.05, 4.69) is 12.1 Å². The van der Waals surface area contributed by atoms with Crippen LogP contribution in [0.2, 0.25) is 0 Å². The van der Waals surface area contributed by atoms with Gasteiger partial charge in [-0.25, -0.2) is 0 Å². The first kappa shape index (κ1) is 11.0. The predicted molar refractivity (Wildman–Crippen MR) is 64.4 cm³/mol. The Hall–Kier alpha value is -2.46. The third kappa shape index (κ3) is 1.60. The van der Waals surface area contributed by atoms with Gasteiger partial charge in [-0.2, -0.15) is 10.5 Å². The first-order chi connectivity index (χ1) is 8.20. The van der Waals surface area contributed by atoms with E-state index in [9.17, 15) is 5.26 Å². The Bertz CT molecular complexity index is 533. The maximum absolute atomic E-state index is 9.21. The van der Waals surface area contributed by atoms with Crippen LogP contribution in [-0.4, -0.2) is 18.1 Å². The van der Waals surface area contributed by atoms with E-state index in [4.69, 9.17) is 5.26 Å². The second-order valence-electron chi connectivity index (χ2n) is 3.87. The third-order valence-corrected chi connectivity index (χ3v) is 3.00. The van der Waals surface area contributed by atoms with Gasteiger partial charge in [-0.05, 0) is 19.1 Å². The average molecular weight is 224 g/mol. The minimum Gasteiger partial charge on any atom is -0.343 e. The Morgan fingerprint density at radius 2 is 1.65 bits per heavy atom. The Morgan fingerprint density at radius 1 is 1.06 bits per heavy atom. The lowest BCUT2D eigenvalue weighted by molar-refractivity contribution is 0.367. The molecule has 1 aromatic carbocycles. The van der Waals surface area contributed by atoms with Gasteiger partial charge in [-0.1, -0.05) is 18.2 Å². The summed E-state index contributed by atoms with van der Waals surface area (Å²) in [6, 6.07) is 13.8. The highest BCUT2D eigenvalue weighted by Gasteiger charge is 2.34. The van der Waals surface area contributed by atoms with Gasteiger partial charge in [0.1, 0.15) is 18.3 Å². The quantitative estimate of drug-likeness (QED) is 0.732. The van der Waals surface area contributed by atoms with E-state index in [1.165, 1.54) is 0 Å². The largest absolute Gasteiger partial charge is 0.343 e. The lowest BCUT2D eigenvalue weighted by atomic mass is 10.2. The van der Waals surface area contributed by atoms with Crippen LogP contribution < -0.4 is 4.90 Å². The highest BCUT2D eigenvalue weighted by molar-refractivity contribution is 5.61. The smallest absolute Gasteiger partial charge is 0.157 e.